The first-order chi connectivity index (χ1) is 8.71. The molecule has 0 spiro atoms. The van der Waals surface area contributed by atoms with Gasteiger partial charge >= 0.3 is 5.97 Å². The smallest absolute Gasteiger partial charge is 0.324 e. The molecule has 0 aromatic heterocycles. The lowest BCUT2D eigenvalue weighted by Crippen LogP contribution is -2.60. The van der Waals surface area contributed by atoms with Gasteiger partial charge in [-0.2, -0.15) is 0 Å². The van der Waals surface area contributed by atoms with E-state index in [1.165, 1.54) is 32.1 Å². The van der Waals surface area contributed by atoms with E-state index in [4.69, 9.17) is 0 Å². The summed E-state index contributed by atoms with van der Waals surface area (Å²) < 4.78 is 0. The normalized spacial score (nSPS) is 35.1. The predicted molar refractivity (Wildman–Crippen MR) is 72.7 cm³/mol. The van der Waals surface area contributed by atoms with E-state index < -0.39 is 11.5 Å². The molecule has 3 nitrogen and oxygen atoms in total. The average Bonchev–Trinajstić information content (AvgIpc) is 2.67. The van der Waals surface area contributed by atoms with Crippen molar-refractivity contribution in [1.29, 1.82) is 0 Å². The van der Waals surface area contributed by atoms with Gasteiger partial charge in [-0.15, -0.1) is 0 Å². The van der Waals surface area contributed by atoms with Crippen LogP contribution in [0.15, 0.2) is 0 Å². The molecule has 1 aliphatic carbocycles. The summed E-state index contributed by atoms with van der Waals surface area (Å²) in [5, 5.41) is 9.89. The standard InChI is InChI=1S/C15H27NO2/c1-2-13-9-5-6-10-15(13,14(17)18)16-11-7-3-4-8-12-16/h13H,2-12H2,1H3,(H,17,18). The van der Waals surface area contributed by atoms with Crippen LogP contribution in [0.1, 0.15) is 64.7 Å². The second-order valence-corrected chi connectivity index (χ2v) is 5.98. The molecule has 1 N–H and O–H groups in total. The summed E-state index contributed by atoms with van der Waals surface area (Å²) in [6.07, 6.45) is 10.1. The van der Waals surface area contributed by atoms with Gasteiger partial charge in [0.2, 0.25) is 0 Å². The van der Waals surface area contributed by atoms with Crippen LogP contribution in [0.4, 0.5) is 0 Å². The van der Waals surface area contributed by atoms with E-state index in [1.54, 1.807) is 0 Å². The number of hydrogen-bond donors (Lipinski definition) is 1. The maximum Gasteiger partial charge on any atom is 0.324 e. The molecule has 0 aromatic rings. The van der Waals surface area contributed by atoms with E-state index >= 15 is 0 Å². The zero-order valence-corrected chi connectivity index (χ0v) is 11.7. The number of carbonyl (C=O) groups is 1. The lowest BCUT2D eigenvalue weighted by molar-refractivity contribution is -0.159. The van der Waals surface area contributed by atoms with Crippen molar-refractivity contribution in [3.63, 3.8) is 0 Å². The maximum absolute atomic E-state index is 12.0. The van der Waals surface area contributed by atoms with E-state index in [1.807, 2.05) is 0 Å². The molecule has 0 radical (unpaired) electrons. The van der Waals surface area contributed by atoms with Crippen molar-refractivity contribution in [1.82, 2.24) is 4.90 Å². The molecule has 2 unspecified atom stereocenters. The Morgan fingerprint density at radius 2 is 1.83 bits per heavy atom. The quantitative estimate of drug-likeness (QED) is 0.839. The van der Waals surface area contributed by atoms with Gasteiger partial charge in [0.05, 0.1) is 0 Å². The fourth-order valence-electron chi connectivity index (χ4n) is 4.07. The number of hydrogen-bond acceptors (Lipinski definition) is 2. The average molecular weight is 253 g/mol. The molecule has 2 atom stereocenters. The monoisotopic (exact) mass is 253 g/mol. The number of aliphatic carboxylic acids is 1. The van der Waals surface area contributed by atoms with Crippen LogP contribution < -0.4 is 0 Å². The Morgan fingerprint density at radius 1 is 1.17 bits per heavy atom. The van der Waals surface area contributed by atoms with Crippen molar-refractivity contribution in [3.8, 4) is 0 Å². The van der Waals surface area contributed by atoms with Gasteiger partial charge in [0.15, 0.2) is 0 Å². The summed E-state index contributed by atoms with van der Waals surface area (Å²) in [6, 6.07) is 0. The molecule has 2 aliphatic rings. The SMILES string of the molecule is CCC1CCCCC1(C(=O)O)N1CCCCCC1. The molecule has 1 saturated carbocycles. The summed E-state index contributed by atoms with van der Waals surface area (Å²) in [5.74, 6) is -0.210. The van der Waals surface area contributed by atoms with Crippen LogP contribution in [0.25, 0.3) is 0 Å². The third-order valence-corrected chi connectivity index (χ3v) is 5.07. The summed E-state index contributed by atoms with van der Waals surface area (Å²) in [5.41, 5.74) is -0.544. The minimum absolute atomic E-state index is 0.349. The van der Waals surface area contributed by atoms with Crippen LogP contribution in [0.3, 0.4) is 0 Å². The fraction of sp³-hybridized carbons (Fsp3) is 0.933. The number of rotatable bonds is 3. The van der Waals surface area contributed by atoms with Gasteiger partial charge in [0.1, 0.15) is 5.54 Å². The first-order valence-electron chi connectivity index (χ1n) is 7.70. The second kappa shape index (κ2) is 6.05. The zero-order chi connectivity index (χ0) is 13.0. The van der Waals surface area contributed by atoms with Gasteiger partial charge in [0.25, 0.3) is 0 Å². The highest BCUT2D eigenvalue weighted by Crippen LogP contribution is 2.41. The first-order valence-corrected chi connectivity index (χ1v) is 7.70. The van der Waals surface area contributed by atoms with Crippen LogP contribution in [0.2, 0.25) is 0 Å². The molecule has 1 aliphatic heterocycles. The molecule has 2 rings (SSSR count). The molecule has 0 aromatic carbocycles. The van der Waals surface area contributed by atoms with E-state index in [0.29, 0.717) is 5.92 Å². The first kappa shape index (κ1) is 13.9. The fourth-order valence-corrected chi connectivity index (χ4v) is 4.07. The summed E-state index contributed by atoms with van der Waals surface area (Å²) in [7, 11) is 0. The van der Waals surface area contributed by atoms with E-state index in [-0.39, 0.29) is 0 Å². The highest BCUT2D eigenvalue weighted by atomic mass is 16.4. The van der Waals surface area contributed by atoms with Crippen molar-refractivity contribution in [3.05, 3.63) is 0 Å². The van der Waals surface area contributed by atoms with Gasteiger partial charge in [-0.3, -0.25) is 9.69 Å². The molecule has 0 amide bonds. The van der Waals surface area contributed by atoms with Crippen LogP contribution in [0, 0.1) is 5.92 Å². The largest absolute Gasteiger partial charge is 0.480 e. The van der Waals surface area contributed by atoms with Gasteiger partial charge in [-0.25, -0.2) is 0 Å². The predicted octanol–water partition coefficient (Wildman–Crippen LogP) is 3.29. The van der Waals surface area contributed by atoms with Gasteiger partial charge in [-0.05, 0) is 44.7 Å². The Balaban J connectivity index is 2.25. The third kappa shape index (κ3) is 2.42. The lowest BCUT2D eigenvalue weighted by atomic mass is 9.70. The number of nitrogens with zero attached hydrogens (tertiary/aromatic N) is 1. The Bertz CT molecular complexity index is 284. The zero-order valence-electron chi connectivity index (χ0n) is 11.7. The molecular weight excluding hydrogens is 226 g/mol. The van der Waals surface area contributed by atoms with Crippen LogP contribution in [0.5, 0.6) is 0 Å². The topological polar surface area (TPSA) is 40.5 Å². The van der Waals surface area contributed by atoms with Crippen molar-refractivity contribution >= 4 is 5.97 Å². The highest BCUT2D eigenvalue weighted by molar-refractivity contribution is 5.79. The van der Waals surface area contributed by atoms with Gasteiger partial charge in [0, 0.05) is 0 Å². The van der Waals surface area contributed by atoms with Gasteiger partial charge in [-0.1, -0.05) is 39.0 Å². The third-order valence-electron chi connectivity index (χ3n) is 5.07. The molecular formula is C15H27NO2. The number of carboxylic acid groups (broad SMARTS) is 1. The Hall–Kier alpha value is -0.570. The Morgan fingerprint density at radius 3 is 2.39 bits per heavy atom. The van der Waals surface area contributed by atoms with Crippen LogP contribution in [-0.4, -0.2) is 34.6 Å². The molecule has 18 heavy (non-hydrogen) atoms. The maximum atomic E-state index is 12.0. The Labute approximate surface area is 111 Å². The van der Waals surface area contributed by atoms with Crippen LogP contribution >= 0.6 is 0 Å². The van der Waals surface area contributed by atoms with Crippen molar-refractivity contribution < 1.29 is 9.90 Å². The van der Waals surface area contributed by atoms with Crippen molar-refractivity contribution in [2.75, 3.05) is 13.1 Å². The molecule has 1 heterocycles. The highest BCUT2D eigenvalue weighted by Gasteiger charge is 2.50. The van der Waals surface area contributed by atoms with E-state index in [0.717, 1.165) is 38.8 Å². The Kier molecular flexibility index (Phi) is 4.66. The number of likely N-dealkylation sites (tertiary alicyclic amines) is 1. The molecule has 0 bridgehead atoms. The second-order valence-electron chi connectivity index (χ2n) is 5.98. The van der Waals surface area contributed by atoms with E-state index in [2.05, 4.69) is 11.8 Å². The van der Waals surface area contributed by atoms with Crippen molar-refractivity contribution in [2.45, 2.75) is 70.3 Å². The minimum Gasteiger partial charge on any atom is -0.480 e. The molecule has 104 valence electrons. The van der Waals surface area contributed by atoms with Gasteiger partial charge < -0.3 is 5.11 Å². The number of carboxylic acids is 1. The van der Waals surface area contributed by atoms with E-state index in [9.17, 15) is 9.90 Å². The summed E-state index contributed by atoms with van der Waals surface area (Å²) in [6.45, 7) is 4.14. The van der Waals surface area contributed by atoms with Crippen LogP contribution in [-0.2, 0) is 4.79 Å². The molecule has 1 saturated heterocycles. The lowest BCUT2D eigenvalue weighted by Gasteiger charge is -2.48. The summed E-state index contributed by atoms with van der Waals surface area (Å²) in [4.78, 5) is 14.3. The molecule has 2 fully saturated rings. The minimum atomic E-state index is -0.559. The molecule has 3 heteroatoms. The van der Waals surface area contributed by atoms with Crippen molar-refractivity contribution in [2.24, 2.45) is 5.92 Å². The summed E-state index contributed by atoms with van der Waals surface area (Å²) >= 11 is 0.